The van der Waals surface area contributed by atoms with E-state index in [2.05, 4.69) is 15.7 Å². The van der Waals surface area contributed by atoms with Crippen LogP contribution in [0, 0.1) is 0 Å². The summed E-state index contributed by atoms with van der Waals surface area (Å²) in [5, 5.41) is 42.4. The summed E-state index contributed by atoms with van der Waals surface area (Å²) in [6.45, 7) is 0. The zero-order valence-corrected chi connectivity index (χ0v) is 21.4. The molecule has 13 heteroatoms. The molecule has 42 heavy (non-hydrogen) atoms. The molecule has 0 saturated carbocycles. The van der Waals surface area contributed by atoms with Crippen molar-refractivity contribution in [2.45, 2.75) is 0 Å². The molecule has 210 valence electrons. The van der Waals surface area contributed by atoms with Crippen molar-refractivity contribution in [3.8, 4) is 34.9 Å². The van der Waals surface area contributed by atoms with Crippen LogP contribution in [0.15, 0.2) is 104 Å². The summed E-state index contributed by atoms with van der Waals surface area (Å²) in [5.74, 6) is -2.34. The molecule has 0 aliphatic rings. The van der Waals surface area contributed by atoms with Gasteiger partial charge in [0, 0.05) is 18.2 Å². The Labute approximate surface area is 234 Å². The molecule has 0 saturated heterocycles. The maximum absolute atomic E-state index is 12.6. The van der Waals surface area contributed by atoms with Gasteiger partial charge < -0.3 is 20.4 Å². The normalized spacial score (nSPS) is 11.0. The van der Waals surface area contributed by atoms with Crippen molar-refractivity contribution in [3.63, 3.8) is 0 Å². The maximum Gasteiger partial charge on any atom is 0.335 e. The van der Waals surface area contributed by atoms with Crippen LogP contribution in [0.3, 0.4) is 0 Å². The lowest BCUT2D eigenvalue weighted by Crippen LogP contribution is -2.30. The van der Waals surface area contributed by atoms with Crippen LogP contribution in [-0.4, -0.2) is 44.1 Å². The van der Waals surface area contributed by atoms with Gasteiger partial charge in [0.05, 0.1) is 17.1 Å². The molecular formula is C29H21N5O8. The van der Waals surface area contributed by atoms with E-state index in [9.17, 15) is 39.6 Å². The first-order chi connectivity index (χ1) is 20.2. The Balaban J connectivity index is 1.71. The average Bonchev–Trinajstić information content (AvgIpc) is 3.29. The van der Waals surface area contributed by atoms with E-state index in [-0.39, 0.29) is 22.6 Å². The van der Waals surface area contributed by atoms with E-state index in [0.717, 1.165) is 44.1 Å². The van der Waals surface area contributed by atoms with Crippen LogP contribution in [0.25, 0.3) is 29.2 Å². The highest BCUT2D eigenvalue weighted by molar-refractivity contribution is 5.73. The number of nitrogens with one attached hydrogen (secondary N) is 2. The number of allylic oxidation sites excluding steroid dienone is 2. The monoisotopic (exact) mass is 567 g/mol. The molecule has 2 aromatic carbocycles. The van der Waals surface area contributed by atoms with Gasteiger partial charge >= 0.3 is 11.4 Å². The molecule has 6 N–H and O–H groups in total. The summed E-state index contributed by atoms with van der Waals surface area (Å²) in [6.07, 6.45) is 3.25. The van der Waals surface area contributed by atoms with Gasteiger partial charge in [0.2, 0.25) is 11.8 Å². The minimum atomic E-state index is -0.953. The Kier molecular flexibility index (Phi) is 7.08. The van der Waals surface area contributed by atoms with Gasteiger partial charge in [0.25, 0.3) is 11.1 Å². The number of aromatic amines is 2. The van der Waals surface area contributed by atoms with Crippen molar-refractivity contribution in [3.05, 3.63) is 137 Å². The third-order valence-corrected chi connectivity index (χ3v) is 6.12. The molecule has 13 nitrogen and oxygen atoms in total. The predicted octanol–water partition coefficient (Wildman–Crippen LogP) is 1.86. The molecule has 3 aromatic heterocycles. The molecule has 0 fully saturated rings. The number of benzene rings is 2. The fourth-order valence-corrected chi connectivity index (χ4v) is 4.15. The number of hydrogen-bond donors (Lipinski definition) is 6. The summed E-state index contributed by atoms with van der Waals surface area (Å²) in [4.78, 5) is 54.3. The van der Waals surface area contributed by atoms with E-state index in [1.54, 1.807) is 36.4 Å². The third kappa shape index (κ3) is 4.97. The number of hydrogen-bond acceptors (Lipinski definition) is 8. The van der Waals surface area contributed by atoms with Gasteiger partial charge in [-0.25, -0.2) is 23.3 Å². The first-order valence-corrected chi connectivity index (χ1v) is 12.2. The van der Waals surface area contributed by atoms with Crippen molar-refractivity contribution in [2.75, 3.05) is 0 Å². The number of H-pyrrole nitrogens is 2. The van der Waals surface area contributed by atoms with Gasteiger partial charge in [0.15, 0.2) is 11.8 Å². The fraction of sp³-hybridized carbons (Fsp3) is 0. The van der Waals surface area contributed by atoms with Gasteiger partial charge in [0.1, 0.15) is 11.1 Å². The Hall–Kier alpha value is -6.46. The molecule has 0 amide bonds. The van der Waals surface area contributed by atoms with Crippen LogP contribution in [0.2, 0.25) is 0 Å². The van der Waals surface area contributed by atoms with Crippen LogP contribution >= 0.6 is 0 Å². The van der Waals surface area contributed by atoms with Crippen molar-refractivity contribution in [1.29, 1.82) is 0 Å². The molecule has 3 heterocycles. The zero-order valence-electron chi connectivity index (χ0n) is 21.4. The first kappa shape index (κ1) is 27.1. The predicted molar refractivity (Wildman–Crippen MR) is 153 cm³/mol. The SMILES string of the molecule is O=c1[nH]c(=O)n(-c2ccccc2)c(O)c1C=C=C(C=Cc1c(O)n(-c2ccccc2)c(=O)[nH]c1=O)n1c(O)ccc1O. The van der Waals surface area contributed by atoms with Gasteiger partial charge in [-0.2, -0.15) is 0 Å². The molecule has 0 atom stereocenters. The molecule has 0 aliphatic carbocycles. The summed E-state index contributed by atoms with van der Waals surface area (Å²) < 4.78 is 2.61. The highest BCUT2D eigenvalue weighted by Gasteiger charge is 2.16. The molecule has 5 aromatic rings. The van der Waals surface area contributed by atoms with Crippen LogP contribution in [0.1, 0.15) is 11.1 Å². The Morgan fingerprint density at radius 2 is 1.10 bits per heavy atom. The highest BCUT2D eigenvalue weighted by atomic mass is 16.3. The number of aromatic nitrogens is 5. The smallest absolute Gasteiger partial charge is 0.335 e. The van der Waals surface area contributed by atoms with E-state index >= 15 is 0 Å². The maximum atomic E-state index is 12.6. The summed E-state index contributed by atoms with van der Waals surface area (Å²) in [7, 11) is 0. The van der Waals surface area contributed by atoms with E-state index in [4.69, 9.17) is 0 Å². The number of nitrogens with zero attached hydrogens (tertiary/aromatic N) is 3. The van der Waals surface area contributed by atoms with Crippen molar-refractivity contribution < 1.29 is 20.4 Å². The van der Waals surface area contributed by atoms with E-state index < -0.39 is 51.6 Å². The van der Waals surface area contributed by atoms with Crippen LogP contribution in [0.5, 0.6) is 23.5 Å². The molecular weight excluding hydrogens is 546 g/mol. The quantitative estimate of drug-likeness (QED) is 0.132. The second-order valence-electron chi connectivity index (χ2n) is 8.73. The lowest BCUT2D eigenvalue weighted by molar-refractivity contribution is 0.406. The van der Waals surface area contributed by atoms with E-state index in [0.29, 0.717) is 0 Å². The van der Waals surface area contributed by atoms with Gasteiger partial charge in [-0.3, -0.25) is 19.6 Å². The second kappa shape index (κ2) is 11.0. The molecule has 0 bridgehead atoms. The van der Waals surface area contributed by atoms with E-state index in [1.165, 1.54) is 24.3 Å². The summed E-state index contributed by atoms with van der Waals surface area (Å²) >= 11 is 0. The number of rotatable bonds is 6. The van der Waals surface area contributed by atoms with Gasteiger partial charge in [-0.1, -0.05) is 42.1 Å². The summed E-state index contributed by atoms with van der Waals surface area (Å²) in [5.41, 5.74) is -1.42. The molecule has 0 radical (unpaired) electrons. The molecule has 0 unspecified atom stereocenters. The Morgan fingerprint density at radius 1 is 0.643 bits per heavy atom. The van der Waals surface area contributed by atoms with Crippen LogP contribution < -0.4 is 22.5 Å². The van der Waals surface area contributed by atoms with Crippen LogP contribution in [0.4, 0.5) is 0 Å². The van der Waals surface area contributed by atoms with Crippen molar-refractivity contribution in [2.24, 2.45) is 0 Å². The van der Waals surface area contributed by atoms with Crippen LogP contribution in [-0.2, 0) is 0 Å². The van der Waals surface area contributed by atoms with Crippen molar-refractivity contribution >= 4 is 17.8 Å². The standard InChI is InChI=1S/C29H21N5O8/c35-22-15-16-23(36)32(22)19(11-13-20-24(37)30-28(41)33(26(20)39)17-7-3-1-4-8-17)12-14-21-25(38)31-29(42)34(27(21)40)18-9-5-2-6-10-18/h1-11,13-16,35-36,39-40H,(H,30,37,41)(H,31,38,42). The summed E-state index contributed by atoms with van der Waals surface area (Å²) in [6, 6.07) is 18.4. The Morgan fingerprint density at radius 3 is 1.60 bits per heavy atom. The average molecular weight is 568 g/mol. The highest BCUT2D eigenvalue weighted by Crippen LogP contribution is 2.28. The van der Waals surface area contributed by atoms with Gasteiger partial charge in [-0.05, 0) is 36.4 Å². The number of para-hydroxylation sites is 2. The van der Waals surface area contributed by atoms with E-state index in [1.807, 2.05) is 0 Å². The second-order valence-corrected chi connectivity index (χ2v) is 8.73. The lowest BCUT2D eigenvalue weighted by atomic mass is 10.2. The zero-order chi connectivity index (χ0) is 30.0. The third-order valence-electron chi connectivity index (χ3n) is 6.12. The lowest BCUT2D eigenvalue weighted by Gasteiger charge is -2.10. The molecule has 0 spiro atoms. The van der Waals surface area contributed by atoms with Crippen molar-refractivity contribution in [1.82, 2.24) is 23.7 Å². The minimum absolute atomic E-state index is 0.178. The van der Waals surface area contributed by atoms with Gasteiger partial charge in [-0.15, -0.1) is 0 Å². The topological polar surface area (TPSA) is 196 Å². The molecule has 0 aliphatic heterocycles. The minimum Gasteiger partial charge on any atom is -0.494 e. The Bertz CT molecular complexity index is 2120. The molecule has 5 rings (SSSR count). The largest absolute Gasteiger partial charge is 0.494 e. The first-order valence-electron chi connectivity index (χ1n) is 12.2. The fourth-order valence-electron chi connectivity index (χ4n) is 4.15. The number of aromatic hydroxyl groups is 4.